The van der Waals surface area contributed by atoms with Gasteiger partial charge in [-0.15, -0.1) is 5.26 Å². The maximum absolute atomic E-state index is 12.3. The van der Waals surface area contributed by atoms with Gasteiger partial charge in [-0.1, -0.05) is 24.3 Å². The Morgan fingerprint density at radius 1 is 0.633 bits per heavy atom. The molecule has 2 rings (SSSR count). The fourth-order valence-electron chi connectivity index (χ4n) is 3.59. The van der Waals surface area contributed by atoms with Gasteiger partial charge in [0, 0.05) is 12.8 Å². The zero-order chi connectivity index (χ0) is 35.7. The number of benzene rings is 2. The Balaban J connectivity index is 1.55. The molecular weight excluding hydrogens is 652 g/mol. The van der Waals surface area contributed by atoms with E-state index < -0.39 is 56.0 Å². The van der Waals surface area contributed by atoms with E-state index in [1.807, 2.05) is 0 Å². The minimum Gasteiger partial charge on any atom is -0.462 e. The van der Waals surface area contributed by atoms with Gasteiger partial charge >= 0.3 is 23.9 Å². The van der Waals surface area contributed by atoms with Gasteiger partial charge in [0.05, 0.1) is 18.9 Å². The van der Waals surface area contributed by atoms with Crippen molar-refractivity contribution in [1.82, 2.24) is 0 Å². The normalized spacial score (nSPS) is 11.1. The van der Waals surface area contributed by atoms with Gasteiger partial charge in [0.15, 0.2) is 12.1 Å². The van der Waals surface area contributed by atoms with Gasteiger partial charge in [-0.05, 0) is 35.4 Å². The van der Waals surface area contributed by atoms with Crippen LogP contribution in [0.15, 0.2) is 63.5 Å². The van der Waals surface area contributed by atoms with Gasteiger partial charge in [-0.3, -0.25) is 0 Å². The highest BCUT2D eigenvalue weighted by Gasteiger charge is 2.21. The average molecular weight is 681 g/mol. The molecule has 0 aliphatic heterocycles. The van der Waals surface area contributed by atoms with Crippen LogP contribution in [0.3, 0.4) is 0 Å². The zero-order valence-electron chi connectivity index (χ0n) is 25.6. The van der Waals surface area contributed by atoms with Crippen LogP contribution in [0.5, 0.6) is 5.75 Å². The van der Waals surface area contributed by atoms with E-state index in [0.717, 1.165) is 0 Å². The van der Waals surface area contributed by atoms with Gasteiger partial charge in [0.1, 0.15) is 32.2 Å². The van der Waals surface area contributed by atoms with Crippen LogP contribution in [-0.4, -0.2) is 101 Å². The van der Waals surface area contributed by atoms with Crippen LogP contribution in [0, 0.1) is 11.5 Å². The largest absolute Gasteiger partial charge is 0.462 e. The molecule has 0 radical (unpaired) electrons. The number of ether oxygens (including phenoxy) is 7. The summed E-state index contributed by atoms with van der Waals surface area (Å²) in [6, 6.07) is 10.0. The molecule has 2 atom stereocenters. The highest BCUT2D eigenvalue weighted by Crippen LogP contribution is 2.16. The molecule has 0 aliphatic carbocycles. The third-order valence-corrected chi connectivity index (χ3v) is 5.84. The molecule has 0 N–H and O–H groups in total. The lowest BCUT2D eigenvalue weighted by molar-refractivity contribution is -0.173. The highest BCUT2D eigenvalue weighted by atomic mass is 16.7. The lowest BCUT2D eigenvalue weighted by atomic mass is 10.1. The van der Waals surface area contributed by atoms with Crippen molar-refractivity contribution >= 4 is 47.8 Å². The second-order valence-corrected chi connectivity index (χ2v) is 9.18. The standard InChI is InChI=1S/C31H28N4O14/c32-17-47-25-7-3-23(4-8-25)14-27(35-20-38)31(42)46-12-10-44-16-29(40)49-21-48-28(39)15-43-9-11-45-30(41)26(34-19-37)13-22-1-5-24(6-2-22)33-18-36/h1-8,26-27H,9-16,21H2. The quantitative estimate of drug-likeness (QED) is 0.0318. The molecular formula is C31H28N4O14. The van der Waals surface area contributed by atoms with Crippen molar-refractivity contribution in [3.63, 3.8) is 0 Å². The number of hydrogen-bond donors (Lipinski definition) is 0. The molecule has 49 heavy (non-hydrogen) atoms. The van der Waals surface area contributed by atoms with E-state index in [0.29, 0.717) is 22.6 Å². The van der Waals surface area contributed by atoms with Gasteiger partial charge < -0.3 is 33.2 Å². The molecule has 18 heteroatoms. The Kier molecular flexibility index (Phi) is 18.3. The Bertz CT molecular complexity index is 1590. The van der Waals surface area contributed by atoms with Crippen LogP contribution in [0.25, 0.3) is 0 Å². The van der Waals surface area contributed by atoms with Crippen LogP contribution < -0.4 is 4.74 Å². The van der Waals surface area contributed by atoms with E-state index >= 15 is 0 Å². The number of nitriles is 1. The maximum atomic E-state index is 12.3. The molecule has 2 unspecified atom stereocenters. The minimum absolute atomic E-state index is 0.0154. The monoisotopic (exact) mass is 680 g/mol. The van der Waals surface area contributed by atoms with E-state index in [2.05, 4.69) is 29.2 Å². The van der Waals surface area contributed by atoms with Gasteiger partial charge in [0.25, 0.3) is 6.26 Å². The first-order chi connectivity index (χ1) is 23.8. The van der Waals surface area contributed by atoms with Crippen LogP contribution in [0.2, 0.25) is 0 Å². The van der Waals surface area contributed by atoms with Crippen LogP contribution >= 0.6 is 0 Å². The smallest absolute Gasteiger partial charge is 0.334 e. The Morgan fingerprint density at radius 2 is 1.10 bits per heavy atom. The lowest BCUT2D eigenvalue weighted by Crippen LogP contribution is -2.26. The molecule has 0 aliphatic rings. The molecule has 256 valence electrons. The molecule has 18 nitrogen and oxygen atoms in total. The fourth-order valence-corrected chi connectivity index (χ4v) is 3.59. The van der Waals surface area contributed by atoms with Gasteiger partial charge in [0.2, 0.25) is 25.0 Å². The first-order valence-corrected chi connectivity index (χ1v) is 14.0. The summed E-state index contributed by atoms with van der Waals surface area (Å²) in [5.74, 6) is -3.15. The summed E-state index contributed by atoms with van der Waals surface area (Å²) in [5, 5.41) is 8.52. The zero-order valence-corrected chi connectivity index (χ0v) is 25.6. The fraction of sp³-hybridized carbons (Fsp3) is 0.355. The van der Waals surface area contributed by atoms with Crippen molar-refractivity contribution < 1.29 is 66.7 Å². The van der Waals surface area contributed by atoms with E-state index in [1.54, 1.807) is 24.3 Å². The number of hydrogen-bond acceptors (Lipinski definition) is 18. The van der Waals surface area contributed by atoms with Crippen molar-refractivity contribution in [3.05, 3.63) is 59.7 Å². The maximum Gasteiger partial charge on any atom is 0.334 e. The first-order valence-electron chi connectivity index (χ1n) is 14.0. The molecule has 0 bridgehead atoms. The molecule has 0 amide bonds. The number of aliphatic imine (C=N–C) groups is 3. The summed E-state index contributed by atoms with van der Waals surface area (Å²) in [5.41, 5.74) is 1.58. The number of esters is 4. The molecule has 0 saturated heterocycles. The molecule has 0 heterocycles. The predicted octanol–water partition coefficient (Wildman–Crippen LogP) is 0.871. The predicted molar refractivity (Wildman–Crippen MR) is 159 cm³/mol. The Morgan fingerprint density at radius 3 is 1.53 bits per heavy atom. The number of isocyanates is 3. The summed E-state index contributed by atoms with van der Waals surface area (Å²) in [4.78, 5) is 90.1. The van der Waals surface area contributed by atoms with Crippen molar-refractivity contribution in [2.45, 2.75) is 24.9 Å². The molecule has 0 saturated carbocycles. The number of carbonyl (C=O) groups is 4. The van der Waals surface area contributed by atoms with Gasteiger partial charge in [-0.2, -0.15) is 15.0 Å². The van der Waals surface area contributed by atoms with Crippen molar-refractivity contribution in [2.75, 3.05) is 46.4 Å². The van der Waals surface area contributed by atoms with Crippen LogP contribution in [-0.2, 0) is 74.8 Å². The topological polar surface area (TPSA) is 245 Å². The third kappa shape index (κ3) is 16.2. The third-order valence-electron chi connectivity index (χ3n) is 5.84. The molecule has 2 aromatic carbocycles. The van der Waals surface area contributed by atoms with E-state index in [1.165, 1.54) is 48.8 Å². The number of rotatable bonds is 22. The van der Waals surface area contributed by atoms with Crippen LogP contribution in [0.4, 0.5) is 5.69 Å². The van der Waals surface area contributed by atoms with E-state index in [-0.39, 0.29) is 39.3 Å². The Hall–Kier alpha value is -6.33. The Labute approximate surface area is 277 Å². The molecule has 0 fully saturated rings. The van der Waals surface area contributed by atoms with Crippen LogP contribution in [0.1, 0.15) is 11.1 Å². The summed E-state index contributed by atoms with van der Waals surface area (Å²) >= 11 is 0. The van der Waals surface area contributed by atoms with Gasteiger partial charge in [-0.25, -0.2) is 33.6 Å². The SMILES string of the molecule is N#COc1ccc(CC(N=C=O)C(=O)OCCOCC(=O)OCOC(=O)COCCOC(=O)C(Cc2ccc(N=C=O)cc2)N=C=O)cc1. The summed E-state index contributed by atoms with van der Waals surface area (Å²) in [7, 11) is 0. The lowest BCUT2D eigenvalue weighted by Gasteiger charge is -2.12. The molecule has 0 spiro atoms. The van der Waals surface area contributed by atoms with E-state index in [4.69, 9.17) is 24.2 Å². The number of nitrogens with zero attached hydrogens (tertiary/aromatic N) is 4. The van der Waals surface area contributed by atoms with Crippen molar-refractivity contribution in [1.29, 1.82) is 5.26 Å². The number of carbonyl (C=O) groups excluding carboxylic acids is 7. The second-order valence-electron chi connectivity index (χ2n) is 9.18. The summed E-state index contributed by atoms with van der Waals surface area (Å²) in [6.45, 7) is -2.81. The second kappa shape index (κ2) is 23.1. The minimum atomic E-state index is -1.18. The summed E-state index contributed by atoms with van der Waals surface area (Å²) in [6.07, 6.45) is 5.58. The highest BCUT2D eigenvalue weighted by molar-refractivity contribution is 5.78. The van der Waals surface area contributed by atoms with E-state index in [9.17, 15) is 33.6 Å². The van der Waals surface area contributed by atoms with Crippen molar-refractivity contribution in [2.24, 2.45) is 15.0 Å². The summed E-state index contributed by atoms with van der Waals surface area (Å²) < 4.78 is 34.1. The van der Waals surface area contributed by atoms with Crippen molar-refractivity contribution in [3.8, 4) is 12.0 Å². The molecule has 0 aromatic heterocycles. The first kappa shape index (κ1) is 38.9. The molecule has 2 aromatic rings. The average Bonchev–Trinajstić information content (AvgIpc) is 3.09.